The molecule has 3 heteroatoms. The molecule has 0 radical (unpaired) electrons. The minimum atomic E-state index is -0.256. The van der Waals surface area contributed by atoms with Crippen LogP contribution in [0.5, 0.6) is 0 Å². The van der Waals surface area contributed by atoms with E-state index in [1.807, 2.05) is 14.1 Å². The van der Waals surface area contributed by atoms with Crippen LogP contribution >= 0.6 is 0 Å². The number of hydrogen-bond acceptors (Lipinski definition) is 3. The van der Waals surface area contributed by atoms with Gasteiger partial charge in [-0.05, 0) is 26.4 Å². The van der Waals surface area contributed by atoms with Crippen molar-refractivity contribution in [2.75, 3.05) is 27.3 Å². The number of hydrogen-bond donors (Lipinski definition) is 0. The fourth-order valence-electron chi connectivity index (χ4n) is 2.03. The molecule has 0 spiro atoms. The Morgan fingerprint density at radius 3 is 2.21 bits per heavy atom. The topological polar surface area (TPSA) is 36.3 Å². The van der Waals surface area contributed by atoms with Crippen LogP contribution in [0.15, 0.2) is 0 Å². The molecule has 0 bridgehead atoms. The van der Waals surface area contributed by atoms with Crippen LogP contribution in [-0.4, -0.2) is 38.3 Å². The van der Waals surface area contributed by atoms with Crippen molar-refractivity contribution in [3.8, 4) is 6.07 Å². The van der Waals surface area contributed by atoms with Crippen molar-refractivity contribution in [2.45, 2.75) is 26.3 Å². The lowest BCUT2D eigenvalue weighted by Gasteiger charge is -2.45. The zero-order valence-electron chi connectivity index (χ0n) is 9.58. The van der Waals surface area contributed by atoms with Crippen molar-refractivity contribution in [1.29, 1.82) is 5.26 Å². The van der Waals surface area contributed by atoms with Gasteiger partial charge < -0.3 is 9.64 Å². The van der Waals surface area contributed by atoms with Crippen LogP contribution in [0.1, 0.15) is 20.3 Å². The summed E-state index contributed by atoms with van der Waals surface area (Å²) in [5.74, 6) is 0.619. The molecule has 1 rings (SSSR count). The van der Waals surface area contributed by atoms with E-state index in [-0.39, 0.29) is 5.41 Å². The minimum Gasteiger partial charge on any atom is -0.378 e. The highest BCUT2D eigenvalue weighted by molar-refractivity contribution is 5.10. The number of rotatable bonds is 4. The quantitative estimate of drug-likeness (QED) is 0.683. The molecule has 14 heavy (non-hydrogen) atoms. The van der Waals surface area contributed by atoms with Crippen molar-refractivity contribution < 1.29 is 4.74 Å². The van der Waals surface area contributed by atoms with Crippen molar-refractivity contribution in [2.24, 2.45) is 11.3 Å². The Morgan fingerprint density at radius 2 is 2.00 bits per heavy atom. The molecule has 1 unspecified atom stereocenters. The van der Waals surface area contributed by atoms with Gasteiger partial charge >= 0.3 is 0 Å². The maximum absolute atomic E-state index is 9.21. The van der Waals surface area contributed by atoms with E-state index in [9.17, 15) is 5.26 Å². The molecule has 0 saturated carbocycles. The Balaban J connectivity index is 2.71. The van der Waals surface area contributed by atoms with Gasteiger partial charge in [0.15, 0.2) is 0 Å². The fourth-order valence-corrected chi connectivity index (χ4v) is 2.03. The third-order valence-electron chi connectivity index (χ3n) is 2.90. The highest BCUT2D eigenvalue weighted by Gasteiger charge is 2.47. The van der Waals surface area contributed by atoms with Crippen molar-refractivity contribution in [1.82, 2.24) is 4.90 Å². The molecule has 0 aliphatic carbocycles. The van der Waals surface area contributed by atoms with Crippen LogP contribution in [0.3, 0.4) is 0 Å². The summed E-state index contributed by atoms with van der Waals surface area (Å²) in [6, 6.07) is 2.76. The van der Waals surface area contributed by atoms with E-state index in [1.54, 1.807) is 0 Å². The maximum Gasteiger partial charge on any atom is 0.119 e. The monoisotopic (exact) mass is 196 g/mol. The molecule has 80 valence electrons. The summed E-state index contributed by atoms with van der Waals surface area (Å²) < 4.78 is 5.19. The predicted molar refractivity (Wildman–Crippen MR) is 55.8 cm³/mol. The molecule has 0 N–H and O–H groups in total. The predicted octanol–water partition coefficient (Wildman–Crippen LogP) is 1.50. The van der Waals surface area contributed by atoms with Gasteiger partial charge in [0.05, 0.1) is 19.3 Å². The van der Waals surface area contributed by atoms with E-state index in [4.69, 9.17) is 4.74 Å². The number of nitriles is 1. The molecule has 3 nitrogen and oxygen atoms in total. The summed E-state index contributed by atoms with van der Waals surface area (Å²) in [6.45, 7) is 5.58. The molecule has 1 saturated heterocycles. The van der Waals surface area contributed by atoms with Crippen molar-refractivity contribution in [3.05, 3.63) is 0 Å². The largest absolute Gasteiger partial charge is 0.378 e. The molecule has 0 aromatic rings. The van der Waals surface area contributed by atoms with Gasteiger partial charge in [0.25, 0.3) is 0 Å². The Kier molecular flexibility index (Phi) is 3.52. The Morgan fingerprint density at radius 1 is 1.43 bits per heavy atom. The molecular weight excluding hydrogens is 176 g/mol. The van der Waals surface area contributed by atoms with Crippen LogP contribution in [0.4, 0.5) is 0 Å². The lowest BCUT2D eigenvalue weighted by Crippen LogP contribution is -2.56. The van der Waals surface area contributed by atoms with Crippen LogP contribution < -0.4 is 0 Å². The highest BCUT2D eigenvalue weighted by Crippen LogP contribution is 2.36. The Hall–Kier alpha value is -0.590. The second-order valence-electron chi connectivity index (χ2n) is 4.87. The molecule has 1 atom stereocenters. The summed E-state index contributed by atoms with van der Waals surface area (Å²) in [5, 5.41) is 9.21. The highest BCUT2D eigenvalue weighted by atomic mass is 16.5. The third-order valence-corrected chi connectivity index (χ3v) is 2.90. The summed E-state index contributed by atoms with van der Waals surface area (Å²) in [6.07, 6.45) is 1.06. The molecule has 1 fully saturated rings. The van der Waals surface area contributed by atoms with Crippen LogP contribution in [0.2, 0.25) is 0 Å². The SMILES string of the molecule is CC(C)CC(N(C)C)C1(C#N)COC1. The lowest BCUT2D eigenvalue weighted by atomic mass is 9.76. The van der Waals surface area contributed by atoms with E-state index in [0.29, 0.717) is 25.2 Å². The lowest BCUT2D eigenvalue weighted by molar-refractivity contribution is -0.117. The van der Waals surface area contributed by atoms with E-state index < -0.39 is 0 Å². The van der Waals surface area contributed by atoms with Gasteiger partial charge in [-0.3, -0.25) is 0 Å². The van der Waals surface area contributed by atoms with Gasteiger partial charge in [-0.25, -0.2) is 0 Å². The van der Waals surface area contributed by atoms with E-state index in [1.165, 1.54) is 0 Å². The minimum absolute atomic E-state index is 0.256. The number of ether oxygens (including phenoxy) is 1. The third kappa shape index (κ3) is 2.08. The Labute approximate surface area is 86.6 Å². The van der Waals surface area contributed by atoms with Gasteiger partial charge in [-0.15, -0.1) is 0 Å². The van der Waals surface area contributed by atoms with E-state index in [0.717, 1.165) is 6.42 Å². The summed E-state index contributed by atoms with van der Waals surface area (Å²) >= 11 is 0. The summed E-state index contributed by atoms with van der Waals surface area (Å²) in [5.41, 5.74) is -0.256. The maximum atomic E-state index is 9.21. The average Bonchev–Trinajstić information content (AvgIpc) is 2.00. The van der Waals surface area contributed by atoms with Crippen molar-refractivity contribution >= 4 is 0 Å². The van der Waals surface area contributed by atoms with E-state index in [2.05, 4.69) is 24.8 Å². The van der Waals surface area contributed by atoms with Crippen LogP contribution in [0.25, 0.3) is 0 Å². The first-order valence-electron chi connectivity index (χ1n) is 5.17. The zero-order valence-corrected chi connectivity index (χ0v) is 9.58. The van der Waals surface area contributed by atoms with Gasteiger partial charge in [-0.2, -0.15) is 5.26 Å². The Bertz CT molecular complexity index is 226. The second kappa shape index (κ2) is 4.29. The zero-order chi connectivity index (χ0) is 10.8. The van der Waals surface area contributed by atoms with Gasteiger partial charge in [0.1, 0.15) is 5.41 Å². The van der Waals surface area contributed by atoms with Crippen LogP contribution in [-0.2, 0) is 4.74 Å². The van der Waals surface area contributed by atoms with Gasteiger partial charge in [0.2, 0.25) is 0 Å². The van der Waals surface area contributed by atoms with Gasteiger partial charge in [0, 0.05) is 6.04 Å². The van der Waals surface area contributed by atoms with Gasteiger partial charge in [-0.1, -0.05) is 13.8 Å². The fraction of sp³-hybridized carbons (Fsp3) is 0.909. The summed E-state index contributed by atoms with van der Waals surface area (Å²) in [7, 11) is 4.09. The first-order chi connectivity index (χ1) is 6.52. The average molecular weight is 196 g/mol. The standard InChI is InChI=1S/C11H20N2O/c1-9(2)5-10(13(3)4)11(6-12)7-14-8-11/h9-10H,5,7-8H2,1-4H3. The first kappa shape index (κ1) is 11.5. The molecule has 0 aromatic carbocycles. The molecule has 0 aromatic heterocycles. The number of nitrogens with zero attached hydrogens (tertiary/aromatic N) is 2. The van der Waals surface area contributed by atoms with Crippen LogP contribution in [0, 0.1) is 22.7 Å². The molecule has 1 aliphatic rings. The second-order valence-corrected chi connectivity index (χ2v) is 4.87. The summed E-state index contributed by atoms with van der Waals surface area (Å²) in [4.78, 5) is 2.16. The van der Waals surface area contributed by atoms with E-state index >= 15 is 0 Å². The normalized spacial score (nSPS) is 21.8. The smallest absolute Gasteiger partial charge is 0.119 e. The first-order valence-corrected chi connectivity index (χ1v) is 5.17. The molecule has 1 heterocycles. The van der Waals surface area contributed by atoms with Crippen molar-refractivity contribution in [3.63, 3.8) is 0 Å². The molecule has 1 aliphatic heterocycles. The molecular formula is C11H20N2O. The molecule has 0 amide bonds.